The molecule has 3 aromatic rings. The highest BCUT2D eigenvalue weighted by atomic mass is 32.1. The second-order valence-electron chi connectivity index (χ2n) is 15.6. The monoisotopic (exact) mass is 833 g/mol. The number of aromatic nitrogens is 1. The van der Waals surface area contributed by atoms with E-state index >= 15 is 0 Å². The van der Waals surface area contributed by atoms with Crippen molar-refractivity contribution < 1.29 is 37.1 Å². The summed E-state index contributed by atoms with van der Waals surface area (Å²) >= 11 is 5.71. The number of halogens is 3. The predicted molar refractivity (Wildman–Crippen MR) is 219 cm³/mol. The molecule has 312 valence electrons. The van der Waals surface area contributed by atoms with Crippen LogP contribution < -0.4 is 30.5 Å². The molecule has 3 N–H and O–H groups in total. The number of benzene rings is 2. The summed E-state index contributed by atoms with van der Waals surface area (Å²) in [5.74, 6) is -0.702. The van der Waals surface area contributed by atoms with Crippen molar-refractivity contribution in [1.29, 1.82) is 5.26 Å². The van der Waals surface area contributed by atoms with Gasteiger partial charge in [-0.15, -0.1) is 0 Å². The number of hydrogen-bond acceptors (Lipinski definition) is 11. The van der Waals surface area contributed by atoms with Gasteiger partial charge in [-0.2, -0.15) is 18.4 Å². The van der Waals surface area contributed by atoms with E-state index in [0.29, 0.717) is 48.9 Å². The van der Waals surface area contributed by atoms with Crippen LogP contribution in [0.3, 0.4) is 0 Å². The third kappa shape index (κ3) is 9.48. The normalized spacial score (nSPS) is 20.1. The molecule has 6 rings (SSSR count). The van der Waals surface area contributed by atoms with Crippen LogP contribution in [-0.4, -0.2) is 100 Å². The van der Waals surface area contributed by atoms with Gasteiger partial charge >= 0.3 is 6.18 Å². The van der Waals surface area contributed by atoms with Crippen LogP contribution in [0.1, 0.15) is 70.2 Å². The first-order chi connectivity index (χ1) is 27.9. The minimum Gasteiger partial charge on any atom is -0.492 e. The topological polar surface area (TPSA) is 163 Å². The number of carbonyl (C=O) groups is 4. The van der Waals surface area contributed by atoms with Gasteiger partial charge in [0.15, 0.2) is 10.8 Å². The van der Waals surface area contributed by atoms with Gasteiger partial charge in [0.2, 0.25) is 17.7 Å². The number of pyridine rings is 1. The number of nitriles is 1. The molecule has 59 heavy (non-hydrogen) atoms. The third-order valence-corrected chi connectivity index (χ3v) is 11.0. The maximum atomic E-state index is 13.8. The average Bonchev–Trinajstić information content (AvgIpc) is 3.35. The van der Waals surface area contributed by atoms with Gasteiger partial charge in [-0.25, -0.2) is 4.98 Å². The molecule has 0 radical (unpaired) electrons. The fourth-order valence-corrected chi connectivity index (χ4v) is 8.01. The van der Waals surface area contributed by atoms with Crippen molar-refractivity contribution in [3.8, 4) is 11.8 Å². The van der Waals surface area contributed by atoms with Crippen LogP contribution in [-0.2, 0) is 25.4 Å². The van der Waals surface area contributed by atoms with Crippen LogP contribution in [0.5, 0.6) is 5.75 Å². The molecule has 2 aromatic carbocycles. The summed E-state index contributed by atoms with van der Waals surface area (Å²) in [6, 6.07) is 14.3. The van der Waals surface area contributed by atoms with E-state index in [1.54, 1.807) is 55.1 Å². The largest absolute Gasteiger partial charge is 0.492 e. The maximum absolute atomic E-state index is 13.8. The number of alkyl halides is 3. The molecule has 4 amide bonds. The third-order valence-electron chi connectivity index (χ3n) is 10.7. The smallest absolute Gasteiger partial charge is 0.419 e. The molecular formula is C41H46F3N9O5S. The van der Waals surface area contributed by atoms with Gasteiger partial charge in [0.05, 0.1) is 24.0 Å². The van der Waals surface area contributed by atoms with Gasteiger partial charge in [0, 0.05) is 55.7 Å². The van der Waals surface area contributed by atoms with Crippen molar-refractivity contribution in [2.75, 3.05) is 59.8 Å². The quantitative estimate of drug-likeness (QED) is 0.161. The molecule has 3 aliphatic heterocycles. The van der Waals surface area contributed by atoms with E-state index in [2.05, 4.69) is 37.7 Å². The van der Waals surface area contributed by atoms with Crippen molar-refractivity contribution in [2.24, 2.45) is 0 Å². The van der Waals surface area contributed by atoms with Gasteiger partial charge in [-0.1, -0.05) is 19.9 Å². The fraction of sp³-hybridized carbons (Fsp3) is 0.439. The first-order valence-corrected chi connectivity index (χ1v) is 19.7. The van der Waals surface area contributed by atoms with Gasteiger partial charge < -0.3 is 20.3 Å². The first-order valence-electron chi connectivity index (χ1n) is 19.3. The summed E-state index contributed by atoms with van der Waals surface area (Å²) in [6.45, 7) is 12.7. The lowest BCUT2D eigenvalue weighted by molar-refractivity contribution is -0.138. The summed E-state index contributed by atoms with van der Waals surface area (Å²) in [5.41, 5.74) is -0.830. The van der Waals surface area contributed by atoms with E-state index in [9.17, 15) is 37.6 Å². The average molecular weight is 834 g/mol. The molecule has 18 heteroatoms. The maximum Gasteiger partial charge on any atom is 0.419 e. The number of thiocarbonyl (C=S) groups is 1. The Kier molecular flexibility index (Phi) is 12.6. The minimum atomic E-state index is -4.86. The van der Waals surface area contributed by atoms with E-state index in [4.69, 9.17) is 17.0 Å². The summed E-state index contributed by atoms with van der Waals surface area (Å²) in [7, 11) is 0. The Morgan fingerprint density at radius 2 is 1.85 bits per heavy atom. The Morgan fingerprint density at radius 1 is 1.10 bits per heavy atom. The van der Waals surface area contributed by atoms with Crippen molar-refractivity contribution in [2.45, 2.75) is 77.2 Å². The van der Waals surface area contributed by atoms with Crippen molar-refractivity contribution in [3.05, 3.63) is 71.5 Å². The van der Waals surface area contributed by atoms with Crippen LogP contribution >= 0.6 is 12.2 Å². The Bertz CT molecular complexity index is 2190. The first kappa shape index (κ1) is 43.0. The fourth-order valence-electron chi connectivity index (χ4n) is 7.49. The molecular weight excluding hydrogens is 788 g/mol. The number of ether oxygens (including phenoxy) is 1. The highest BCUT2D eigenvalue weighted by Crippen LogP contribution is 2.41. The number of nitrogens with zero attached hydrogens (tertiary/aromatic N) is 6. The van der Waals surface area contributed by atoms with E-state index in [-0.39, 0.29) is 53.4 Å². The van der Waals surface area contributed by atoms with Gasteiger partial charge in [-0.05, 0) is 93.4 Å². The molecule has 0 bridgehead atoms. The molecule has 0 saturated carbocycles. The highest BCUT2D eigenvalue weighted by molar-refractivity contribution is 7.81. The summed E-state index contributed by atoms with van der Waals surface area (Å²) in [6.07, 6.45) is -3.17. The Morgan fingerprint density at radius 3 is 2.53 bits per heavy atom. The van der Waals surface area contributed by atoms with Crippen LogP contribution in [0.2, 0.25) is 0 Å². The standard InChI is InChI=1S/C41H46F3N9O5S/c1-24(2)30-18-28(53-39(59)52(38(57)40(53,4)5)29-19-31(41(42,43)44)33(20-45)46-21-29)9-11-34(30)58-16-15-50-13-14-51(25(3)22-50)23-36(55)48-27-8-6-7-26(17-27)47-32-10-12-35(54)49-37(32)56/h6-9,11,17-19,21,24-25,32,47H,10,12-16,22-23H2,1-5H3,(H,48,55)(H,49,54,56). The predicted octanol–water partition coefficient (Wildman–Crippen LogP) is 5.25. The van der Waals surface area contributed by atoms with Gasteiger partial charge in [0.25, 0.3) is 5.91 Å². The zero-order valence-electron chi connectivity index (χ0n) is 33.4. The molecule has 1 aromatic heterocycles. The molecule has 3 saturated heterocycles. The Labute approximate surface area is 345 Å². The number of piperidine rings is 1. The van der Waals surface area contributed by atoms with Crippen molar-refractivity contribution in [1.82, 2.24) is 20.1 Å². The van der Waals surface area contributed by atoms with E-state index < -0.39 is 34.9 Å². The number of anilines is 4. The Hall–Kier alpha value is -5.64. The molecule has 2 unspecified atom stereocenters. The second kappa shape index (κ2) is 17.3. The second-order valence-corrected chi connectivity index (χ2v) is 16.0. The zero-order valence-corrected chi connectivity index (χ0v) is 34.2. The van der Waals surface area contributed by atoms with Crippen LogP contribution in [0.25, 0.3) is 0 Å². The lowest BCUT2D eigenvalue weighted by atomic mass is 9.98. The van der Waals surface area contributed by atoms with Crippen LogP contribution in [0, 0.1) is 11.3 Å². The summed E-state index contributed by atoms with van der Waals surface area (Å²) in [4.78, 5) is 61.1. The van der Waals surface area contributed by atoms with E-state index in [1.807, 2.05) is 19.9 Å². The molecule has 3 aliphatic rings. The lowest BCUT2D eigenvalue weighted by Gasteiger charge is -2.39. The SMILES string of the molecule is CC(C)c1cc(N2C(=S)N(c3cnc(C#N)c(C(F)(F)F)c3)C(=O)C2(C)C)ccc1OCCN1CCN(CC(=O)Nc2cccc(NC3CCC(=O)NC3=O)c2)C(C)C1. The number of nitrogens with one attached hydrogen (secondary N) is 3. The number of imide groups is 1. The Balaban J connectivity index is 1.03. The number of carbonyl (C=O) groups excluding carboxylic acids is 4. The number of hydrogen-bond donors (Lipinski definition) is 3. The van der Waals surface area contributed by atoms with E-state index in [0.717, 1.165) is 35.8 Å². The number of piperazine rings is 1. The van der Waals surface area contributed by atoms with Gasteiger partial charge in [0.1, 0.15) is 30.0 Å². The molecule has 0 spiro atoms. The number of rotatable bonds is 12. The summed E-state index contributed by atoms with van der Waals surface area (Å²) < 4.78 is 47.6. The minimum absolute atomic E-state index is 0.00639. The molecule has 2 atom stereocenters. The molecule has 3 fully saturated rings. The van der Waals surface area contributed by atoms with Crippen LogP contribution in [0.4, 0.5) is 35.9 Å². The molecule has 14 nitrogen and oxygen atoms in total. The van der Waals surface area contributed by atoms with Gasteiger partial charge in [-0.3, -0.25) is 39.2 Å². The molecule has 0 aliphatic carbocycles. The summed E-state index contributed by atoms with van der Waals surface area (Å²) in [5, 5.41) is 17.6. The zero-order chi connectivity index (χ0) is 42.8. The van der Waals surface area contributed by atoms with Crippen molar-refractivity contribution in [3.63, 3.8) is 0 Å². The highest BCUT2D eigenvalue weighted by Gasteiger charge is 2.51. The van der Waals surface area contributed by atoms with Crippen molar-refractivity contribution >= 4 is 63.7 Å². The van der Waals surface area contributed by atoms with Crippen LogP contribution in [0.15, 0.2) is 54.7 Å². The molecule has 4 heterocycles. The van der Waals surface area contributed by atoms with E-state index in [1.165, 1.54) is 6.07 Å². The number of amides is 4. The lowest BCUT2D eigenvalue weighted by Crippen LogP contribution is -2.54.